The third-order valence-electron chi connectivity index (χ3n) is 5.88. The number of nitrogens with zero attached hydrogens (tertiary/aromatic N) is 1. The highest BCUT2D eigenvalue weighted by atomic mass is 32.2. The monoisotopic (exact) mass is 471 g/mol. The first-order valence-corrected chi connectivity index (χ1v) is 12.0. The predicted octanol–water partition coefficient (Wildman–Crippen LogP) is 0.697. The summed E-state index contributed by atoms with van der Waals surface area (Å²) in [4.78, 5) is 38.0. The number of imide groups is 1. The Morgan fingerprint density at radius 3 is 2.61 bits per heavy atom. The molecule has 2 aromatic rings. The number of ether oxygens (including phenoxy) is 2. The molecule has 2 N–H and O–H groups in total. The number of amides is 3. The molecule has 1 unspecified atom stereocenters. The largest absolute Gasteiger partial charge is 0.486 e. The summed E-state index contributed by atoms with van der Waals surface area (Å²) in [5.74, 6) is -0.248. The number of piperidine rings is 1. The van der Waals surface area contributed by atoms with Crippen molar-refractivity contribution >= 4 is 27.7 Å². The minimum Gasteiger partial charge on any atom is -0.486 e. The molecule has 1 fully saturated rings. The van der Waals surface area contributed by atoms with Crippen molar-refractivity contribution in [1.82, 2.24) is 14.9 Å². The van der Waals surface area contributed by atoms with Gasteiger partial charge in [-0.2, -0.15) is 0 Å². The molecule has 2 aromatic carbocycles. The lowest BCUT2D eigenvalue weighted by atomic mass is 10.0. The summed E-state index contributed by atoms with van der Waals surface area (Å²) in [5, 5.41) is 2.27. The first-order chi connectivity index (χ1) is 15.8. The van der Waals surface area contributed by atoms with Crippen molar-refractivity contribution in [2.24, 2.45) is 0 Å². The van der Waals surface area contributed by atoms with Crippen LogP contribution in [0, 0.1) is 0 Å². The normalized spacial score (nSPS) is 19.9. The van der Waals surface area contributed by atoms with Crippen LogP contribution in [-0.4, -0.2) is 50.3 Å². The van der Waals surface area contributed by atoms with E-state index in [0.717, 1.165) is 5.56 Å². The van der Waals surface area contributed by atoms with Crippen molar-refractivity contribution in [3.05, 3.63) is 53.1 Å². The Labute approximate surface area is 189 Å². The van der Waals surface area contributed by atoms with Crippen LogP contribution in [0.5, 0.6) is 11.5 Å². The van der Waals surface area contributed by atoms with Crippen LogP contribution < -0.4 is 19.5 Å². The van der Waals surface area contributed by atoms with Crippen molar-refractivity contribution in [1.29, 1.82) is 0 Å². The molecule has 10 nitrogen and oxygen atoms in total. The second-order valence-corrected chi connectivity index (χ2v) is 9.79. The van der Waals surface area contributed by atoms with Crippen LogP contribution in [0.15, 0.2) is 41.3 Å². The first-order valence-electron chi connectivity index (χ1n) is 10.5. The summed E-state index contributed by atoms with van der Waals surface area (Å²) < 4.78 is 38.9. The van der Waals surface area contributed by atoms with Gasteiger partial charge in [-0.05, 0) is 35.7 Å². The quantitative estimate of drug-likeness (QED) is 0.614. The smallest absolute Gasteiger partial charge is 0.255 e. The highest BCUT2D eigenvalue weighted by molar-refractivity contribution is 7.89. The number of carbonyl (C=O) groups is 3. The fourth-order valence-corrected chi connectivity index (χ4v) is 5.20. The lowest BCUT2D eigenvalue weighted by molar-refractivity contribution is -0.136. The fraction of sp³-hybridized carbons (Fsp3) is 0.318. The molecule has 0 saturated carbocycles. The molecule has 33 heavy (non-hydrogen) atoms. The summed E-state index contributed by atoms with van der Waals surface area (Å²) in [6, 6.07) is 8.86. The Balaban J connectivity index is 1.29. The Kier molecular flexibility index (Phi) is 5.29. The van der Waals surface area contributed by atoms with Gasteiger partial charge < -0.3 is 14.4 Å². The minimum absolute atomic E-state index is 0.0181. The zero-order valence-corrected chi connectivity index (χ0v) is 18.3. The molecule has 3 heterocycles. The molecule has 172 valence electrons. The molecule has 5 rings (SSSR count). The second-order valence-electron chi connectivity index (χ2n) is 8.02. The van der Waals surface area contributed by atoms with E-state index in [-0.39, 0.29) is 42.6 Å². The van der Waals surface area contributed by atoms with Gasteiger partial charge in [0.1, 0.15) is 19.3 Å². The third-order valence-corrected chi connectivity index (χ3v) is 7.28. The summed E-state index contributed by atoms with van der Waals surface area (Å²) in [7, 11) is -3.83. The zero-order chi connectivity index (χ0) is 23.2. The Bertz CT molecular complexity index is 1270. The highest BCUT2D eigenvalue weighted by Gasteiger charge is 2.39. The van der Waals surface area contributed by atoms with E-state index >= 15 is 0 Å². The fourth-order valence-electron chi connectivity index (χ4n) is 4.16. The maximum Gasteiger partial charge on any atom is 0.255 e. The molecule has 0 spiro atoms. The van der Waals surface area contributed by atoms with E-state index in [9.17, 15) is 22.8 Å². The van der Waals surface area contributed by atoms with Gasteiger partial charge in [-0.3, -0.25) is 19.7 Å². The summed E-state index contributed by atoms with van der Waals surface area (Å²) in [5.41, 5.74) is 1.78. The van der Waals surface area contributed by atoms with Crippen molar-refractivity contribution in [2.75, 3.05) is 13.2 Å². The maximum atomic E-state index is 12.9. The summed E-state index contributed by atoms with van der Waals surface area (Å²) >= 11 is 0. The van der Waals surface area contributed by atoms with Crippen LogP contribution in [0.25, 0.3) is 0 Å². The Morgan fingerprint density at radius 1 is 1.03 bits per heavy atom. The van der Waals surface area contributed by atoms with Crippen LogP contribution in [0.3, 0.4) is 0 Å². The van der Waals surface area contributed by atoms with Crippen LogP contribution in [0.2, 0.25) is 0 Å². The Morgan fingerprint density at radius 2 is 1.82 bits per heavy atom. The molecule has 0 aliphatic carbocycles. The lowest BCUT2D eigenvalue weighted by Crippen LogP contribution is -2.52. The van der Waals surface area contributed by atoms with Crippen molar-refractivity contribution < 1.29 is 32.3 Å². The molecule has 1 atom stereocenters. The van der Waals surface area contributed by atoms with Gasteiger partial charge in [0.15, 0.2) is 11.5 Å². The predicted molar refractivity (Wildman–Crippen MR) is 114 cm³/mol. The van der Waals surface area contributed by atoms with Crippen LogP contribution >= 0.6 is 0 Å². The molecule has 3 amide bonds. The van der Waals surface area contributed by atoms with Gasteiger partial charge in [-0.25, -0.2) is 13.1 Å². The first kappa shape index (κ1) is 21.4. The molecular weight excluding hydrogens is 450 g/mol. The average Bonchev–Trinajstić information content (AvgIpc) is 3.13. The number of fused-ring (bicyclic) bond motifs is 2. The molecule has 11 heteroatoms. The van der Waals surface area contributed by atoms with E-state index in [1.807, 2.05) is 0 Å². The number of carbonyl (C=O) groups excluding carboxylic acids is 3. The highest BCUT2D eigenvalue weighted by Crippen LogP contribution is 2.32. The van der Waals surface area contributed by atoms with Gasteiger partial charge in [0.25, 0.3) is 5.91 Å². The maximum absolute atomic E-state index is 12.9. The van der Waals surface area contributed by atoms with Gasteiger partial charge in [0.05, 0.1) is 4.90 Å². The lowest BCUT2D eigenvalue weighted by Gasteiger charge is -2.29. The summed E-state index contributed by atoms with van der Waals surface area (Å²) in [6.45, 7) is 1.01. The molecule has 0 aromatic heterocycles. The van der Waals surface area contributed by atoms with E-state index < -0.39 is 22.0 Å². The standard InChI is InChI=1S/C22H21N3O7S/c26-20-6-4-17(21(27)24-20)25-12-14-2-1-13(9-16(14)22(25)28)11-23-33(29,30)15-3-5-18-19(10-15)32-8-7-31-18/h1-3,5,9-10,17,23H,4,6-8,11-12H2,(H,24,26,27). The number of sulfonamides is 1. The number of benzene rings is 2. The van der Waals surface area contributed by atoms with E-state index in [1.54, 1.807) is 24.3 Å². The van der Waals surface area contributed by atoms with Gasteiger partial charge in [-0.1, -0.05) is 12.1 Å². The number of rotatable bonds is 5. The van der Waals surface area contributed by atoms with Crippen molar-refractivity contribution in [3.63, 3.8) is 0 Å². The molecule has 3 aliphatic rings. The minimum atomic E-state index is -3.83. The molecule has 3 aliphatic heterocycles. The molecular formula is C22H21N3O7S. The van der Waals surface area contributed by atoms with Crippen LogP contribution in [-0.2, 0) is 32.7 Å². The number of hydrogen-bond acceptors (Lipinski definition) is 7. The summed E-state index contributed by atoms with van der Waals surface area (Å²) in [6.07, 6.45) is 0.468. The second kappa shape index (κ2) is 8.16. The molecule has 1 saturated heterocycles. The molecule has 0 radical (unpaired) electrons. The van der Waals surface area contributed by atoms with Gasteiger partial charge >= 0.3 is 0 Å². The number of hydrogen-bond donors (Lipinski definition) is 2. The van der Waals surface area contributed by atoms with Gasteiger partial charge in [0.2, 0.25) is 21.8 Å². The van der Waals surface area contributed by atoms with E-state index in [1.165, 1.54) is 17.0 Å². The SMILES string of the molecule is O=C1CCC(N2Cc3ccc(CNS(=O)(=O)c4ccc5c(c4)OCCO5)cc3C2=O)C(=O)N1. The van der Waals surface area contributed by atoms with Crippen molar-refractivity contribution in [2.45, 2.75) is 36.9 Å². The average molecular weight is 471 g/mol. The Hall–Kier alpha value is -3.44. The number of nitrogens with one attached hydrogen (secondary N) is 2. The van der Waals surface area contributed by atoms with Crippen LogP contribution in [0.1, 0.15) is 34.3 Å². The van der Waals surface area contributed by atoms with E-state index in [2.05, 4.69) is 10.0 Å². The topological polar surface area (TPSA) is 131 Å². The molecule has 0 bridgehead atoms. The van der Waals surface area contributed by atoms with Gasteiger partial charge in [-0.15, -0.1) is 0 Å². The van der Waals surface area contributed by atoms with Crippen molar-refractivity contribution in [3.8, 4) is 11.5 Å². The van der Waals surface area contributed by atoms with Crippen LogP contribution in [0.4, 0.5) is 0 Å². The zero-order valence-electron chi connectivity index (χ0n) is 17.5. The van der Waals surface area contributed by atoms with E-state index in [4.69, 9.17) is 9.47 Å². The van der Waals surface area contributed by atoms with Gasteiger partial charge in [0, 0.05) is 31.1 Å². The van der Waals surface area contributed by atoms with E-state index in [0.29, 0.717) is 35.8 Å². The third kappa shape index (κ3) is 4.05.